The van der Waals surface area contributed by atoms with Gasteiger partial charge in [0.1, 0.15) is 0 Å². The van der Waals surface area contributed by atoms with Gasteiger partial charge in [-0.15, -0.1) is 0 Å². The first-order chi connectivity index (χ1) is 7.17. The van der Waals surface area contributed by atoms with Gasteiger partial charge in [-0.3, -0.25) is 4.68 Å². The molecule has 0 saturated carbocycles. The topological polar surface area (TPSA) is 43.8 Å². The summed E-state index contributed by atoms with van der Waals surface area (Å²) in [6, 6.07) is 2.93. The molecule has 3 nitrogen and oxygen atoms in total. The minimum Gasteiger partial charge on any atom is -0.328 e. The van der Waals surface area contributed by atoms with Crippen molar-refractivity contribution in [1.29, 1.82) is 0 Å². The molecule has 1 aromatic rings. The lowest BCUT2D eigenvalue weighted by Crippen LogP contribution is -2.15. The van der Waals surface area contributed by atoms with Crippen molar-refractivity contribution < 1.29 is 0 Å². The van der Waals surface area contributed by atoms with E-state index in [2.05, 4.69) is 35.9 Å². The number of aryl methyl sites for hydroxylation is 1. The number of hydrogen-bond donors (Lipinski definition) is 1. The van der Waals surface area contributed by atoms with E-state index in [1.807, 2.05) is 6.92 Å². The van der Waals surface area contributed by atoms with E-state index in [4.69, 9.17) is 5.73 Å². The lowest BCUT2D eigenvalue weighted by Gasteiger charge is -2.12. The van der Waals surface area contributed by atoms with Crippen LogP contribution in [0.4, 0.5) is 0 Å². The fourth-order valence-electron chi connectivity index (χ4n) is 1.75. The molecule has 0 fully saturated rings. The number of hydrogen-bond acceptors (Lipinski definition) is 2. The molecule has 86 valence electrons. The molecular weight excluding hydrogens is 186 g/mol. The SMILES string of the molecule is CCC(CC)n1ccc(CCC(C)N)n1. The molecule has 1 atom stereocenters. The van der Waals surface area contributed by atoms with Crippen LogP contribution in [0.15, 0.2) is 12.3 Å². The minimum atomic E-state index is 0.267. The molecule has 3 heteroatoms. The molecule has 0 radical (unpaired) electrons. The van der Waals surface area contributed by atoms with Crippen molar-refractivity contribution in [3.63, 3.8) is 0 Å². The van der Waals surface area contributed by atoms with Crippen molar-refractivity contribution in [1.82, 2.24) is 9.78 Å². The van der Waals surface area contributed by atoms with Gasteiger partial charge in [0.15, 0.2) is 0 Å². The van der Waals surface area contributed by atoms with E-state index in [0.717, 1.165) is 25.7 Å². The van der Waals surface area contributed by atoms with Crippen LogP contribution in [0.1, 0.15) is 51.8 Å². The Morgan fingerprint density at radius 3 is 2.60 bits per heavy atom. The Labute approximate surface area is 92.7 Å². The molecule has 0 saturated heterocycles. The summed E-state index contributed by atoms with van der Waals surface area (Å²) in [7, 11) is 0. The second kappa shape index (κ2) is 5.91. The Bertz CT molecular complexity index is 274. The first-order valence-corrected chi connectivity index (χ1v) is 5.97. The zero-order valence-corrected chi connectivity index (χ0v) is 10.1. The summed E-state index contributed by atoms with van der Waals surface area (Å²) in [5.74, 6) is 0. The monoisotopic (exact) mass is 209 g/mol. The van der Waals surface area contributed by atoms with Gasteiger partial charge in [-0.05, 0) is 38.7 Å². The maximum absolute atomic E-state index is 5.72. The second-order valence-corrected chi connectivity index (χ2v) is 4.27. The van der Waals surface area contributed by atoms with Gasteiger partial charge in [0, 0.05) is 12.2 Å². The molecule has 0 aliphatic carbocycles. The molecule has 0 spiro atoms. The predicted octanol–water partition coefficient (Wildman–Crippen LogP) is 2.52. The lowest BCUT2D eigenvalue weighted by atomic mass is 10.1. The van der Waals surface area contributed by atoms with Crippen LogP contribution in [-0.4, -0.2) is 15.8 Å². The van der Waals surface area contributed by atoms with Crippen LogP contribution in [0, 0.1) is 0 Å². The third-order valence-electron chi connectivity index (χ3n) is 2.84. The summed E-state index contributed by atoms with van der Waals surface area (Å²) in [5, 5.41) is 4.59. The van der Waals surface area contributed by atoms with Crippen LogP contribution in [0.3, 0.4) is 0 Å². The first kappa shape index (κ1) is 12.2. The van der Waals surface area contributed by atoms with Crippen LogP contribution in [0.5, 0.6) is 0 Å². The molecule has 0 aliphatic rings. The van der Waals surface area contributed by atoms with Crippen molar-refractivity contribution >= 4 is 0 Å². The fourth-order valence-corrected chi connectivity index (χ4v) is 1.75. The third-order valence-corrected chi connectivity index (χ3v) is 2.84. The summed E-state index contributed by atoms with van der Waals surface area (Å²) in [6.07, 6.45) is 6.38. The quantitative estimate of drug-likeness (QED) is 0.782. The van der Waals surface area contributed by atoms with E-state index in [9.17, 15) is 0 Å². The molecule has 15 heavy (non-hydrogen) atoms. The summed E-state index contributed by atoms with van der Waals surface area (Å²) in [6.45, 7) is 6.45. The zero-order chi connectivity index (χ0) is 11.3. The van der Waals surface area contributed by atoms with E-state index in [1.54, 1.807) is 0 Å². The fraction of sp³-hybridized carbons (Fsp3) is 0.750. The predicted molar refractivity (Wildman–Crippen MR) is 63.8 cm³/mol. The highest BCUT2D eigenvalue weighted by Gasteiger charge is 2.07. The maximum atomic E-state index is 5.72. The number of nitrogens with two attached hydrogens (primary N) is 1. The van der Waals surface area contributed by atoms with Crippen molar-refractivity contribution in [2.24, 2.45) is 5.73 Å². The van der Waals surface area contributed by atoms with E-state index < -0.39 is 0 Å². The summed E-state index contributed by atoms with van der Waals surface area (Å²) < 4.78 is 2.09. The molecule has 1 rings (SSSR count). The van der Waals surface area contributed by atoms with Gasteiger partial charge in [-0.2, -0.15) is 5.10 Å². The molecule has 1 unspecified atom stereocenters. The first-order valence-electron chi connectivity index (χ1n) is 5.97. The molecule has 2 N–H and O–H groups in total. The van der Waals surface area contributed by atoms with Gasteiger partial charge in [0.05, 0.1) is 11.7 Å². The zero-order valence-electron chi connectivity index (χ0n) is 10.1. The van der Waals surface area contributed by atoms with E-state index in [1.165, 1.54) is 5.69 Å². The Morgan fingerprint density at radius 1 is 1.40 bits per heavy atom. The van der Waals surface area contributed by atoms with Crippen molar-refractivity contribution in [3.05, 3.63) is 18.0 Å². The van der Waals surface area contributed by atoms with Crippen molar-refractivity contribution in [2.75, 3.05) is 0 Å². The van der Waals surface area contributed by atoms with Crippen molar-refractivity contribution in [3.8, 4) is 0 Å². The van der Waals surface area contributed by atoms with E-state index in [-0.39, 0.29) is 6.04 Å². The Hall–Kier alpha value is -0.830. The summed E-state index contributed by atoms with van der Waals surface area (Å²) >= 11 is 0. The minimum absolute atomic E-state index is 0.267. The average molecular weight is 209 g/mol. The second-order valence-electron chi connectivity index (χ2n) is 4.27. The van der Waals surface area contributed by atoms with Gasteiger partial charge in [-0.1, -0.05) is 13.8 Å². The molecule has 0 amide bonds. The molecule has 1 heterocycles. The molecule has 0 bridgehead atoms. The largest absolute Gasteiger partial charge is 0.328 e. The van der Waals surface area contributed by atoms with Gasteiger partial charge >= 0.3 is 0 Å². The lowest BCUT2D eigenvalue weighted by molar-refractivity contribution is 0.424. The summed E-state index contributed by atoms with van der Waals surface area (Å²) in [4.78, 5) is 0. The van der Waals surface area contributed by atoms with E-state index in [0.29, 0.717) is 6.04 Å². The van der Waals surface area contributed by atoms with Gasteiger partial charge in [0.25, 0.3) is 0 Å². The van der Waals surface area contributed by atoms with Crippen molar-refractivity contribution in [2.45, 2.75) is 58.5 Å². The highest BCUT2D eigenvalue weighted by molar-refractivity contribution is 5.00. The van der Waals surface area contributed by atoms with Gasteiger partial charge in [0.2, 0.25) is 0 Å². The third kappa shape index (κ3) is 3.67. The van der Waals surface area contributed by atoms with E-state index >= 15 is 0 Å². The highest BCUT2D eigenvalue weighted by Crippen LogP contribution is 2.14. The molecule has 1 aromatic heterocycles. The number of aromatic nitrogens is 2. The van der Waals surface area contributed by atoms with Gasteiger partial charge < -0.3 is 5.73 Å². The number of rotatable bonds is 6. The van der Waals surface area contributed by atoms with Crippen LogP contribution in [-0.2, 0) is 6.42 Å². The molecular formula is C12H23N3. The Balaban J connectivity index is 2.55. The standard InChI is InChI=1S/C12H23N3/c1-4-12(5-2)15-9-8-11(14-15)7-6-10(3)13/h8-10,12H,4-7,13H2,1-3H3. The van der Waals surface area contributed by atoms with Crippen LogP contribution < -0.4 is 5.73 Å². The highest BCUT2D eigenvalue weighted by atomic mass is 15.3. The Kier molecular flexibility index (Phi) is 4.82. The average Bonchev–Trinajstić information content (AvgIpc) is 2.65. The van der Waals surface area contributed by atoms with Gasteiger partial charge in [-0.25, -0.2) is 0 Å². The van der Waals surface area contributed by atoms with Crippen LogP contribution >= 0.6 is 0 Å². The number of nitrogens with zero attached hydrogens (tertiary/aromatic N) is 2. The normalized spacial score (nSPS) is 13.4. The van der Waals surface area contributed by atoms with Crippen LogP contribution in [0.25, 0.3) is 0 Å². The maximum Gasteiger partial charge on any atom is 0.0625 e. The Morgan fingerprint density at radius 2 is 2.07 bits per heavy atom. The smallest absolute Gasteiger partial charge is 0.0625 e. The summed E-state index contributed by atoms with van der Waals surface area (Å²) in [5.41, 5.74) is 6.89. The van der Waals surface area contributed by atoms with Crippen LogP contribution in [0.2, 0.25) is 0 Å². The molecule has 0 aliphatic heterocycles. The molecule has 0 aromatic carbocycles.